The van der Waals surface area contributed by atoms with Gasteiger partial charge in [0, 0.05) is 12.8 Å². The lowest BCUT2D eigenvalue weighted by atomic mass is 10.0. The quantitative estimate of drug-likeness (QED) is 0.0195. The van der Waals surface area contributed by atoms with Crippen molar-refractivity contribution in [1.29, 1.82) is 0 Å². The molecule has 0 aromatic carbocycles. The van der Waals surface area contributed by atoms with E-state index in [1.54, 1.807) is 0 Å². The Bertz CT molecular complexity index is 1520. The van der Waals surface area contributed by atoms with Crippen molar-refractivity contribution in [2.24, 2.45) is 0 Å². The van der Waals surface area contributed by atoms with Gasteiger partial charge in [-0.05, 0) is 70.6 Å². The van der Waals surface area contributed by atoms with Gasteiger partial charge in [0.2, 0.25) is 0 Å². The number of hydrogen-bond donors (Lipinski definition) is 0. The van der Waals surface area contributed by atoms with Gasteiger partial charge in [-0.25, -0.2) is 0 Å². The first-order valence-electron chi connectivity index (χ1n) is 31.2. The molecule has 9 heteroatoms. The molecule has 0 radical (unpaired) electrons. The predicted molar refractivity (Wildman–Crippen MR) is 320 cm³/mol. The number of unbranched alkanes of at least 4 members (excludes halogenated alkanes) is 28. The first-order chi connectivity index (χ1) is 37.1. The van der Waals surface area contributed by atoms with Crippen molar-refractivity contribution < 1.29 is 42.9 Å². The summed E-state index contributed by atoms with van der Waals surface area (Å²) < 4.78 is 22.7. The third kappa shape index (κ3) is 58.2. The smallest absolute Gasteiger partial charge is 0.306 e. The average molecular weight is 1060 g/mol. The average Bonchev–Trinajstić information content (AvgIpc) is 3.39. The van der Waals surface area contributed by atoms with Crippen LogP contribution in [0, 0.1) is 0 Å². The summed E-state index contributed by atoms with van der Waals surface area (Å²) >= 11 is 0. The van der Waals surface area contributed by atoms with Crippen LogP contribution in [0.15, 0.2) is 85.1 Å². The summed E-state index contributed by atoms with van der Waals surface area (Å²) in [6.07, 6.45) is 73.6. The Hall–Kier alpha value is -3.53. The lowest BCUT2D eigenvalue weighted by molar-refractivity contribution is -0.870. The number of ether oxygens (including phenoxy) is 4. The highest BCUT2D eigenvalue weighted by atomic mass is 16.7. The summed E-state index contributed by atoms with van der Waals surface area (Å²) in [7, 11) is 5.91. The minimum absolute atomic E-state index is 0.138. The second-order valence-electron chi connectivity index (χ2n) is 22.0. The maximum atomic E-state index is 12.9. The lowest BCUT2D eigenvalue weighted by Crippen LogP contribution is -2.44. The molecule has 2 atom stereocenters. The van der Waals surface area contributed by atoms with Crippen molar-refractivity contribution in [3.63, 3.8) is 0 Å². The summed E-state index contributed by atoms with van der Waals surface area (Å²) in [6, 6.07) is 0. The normalized spacial score (nSPS) is 13.3. The number of rotatable bonds is 57. The fraction of sp³-hybridized carbons (Fsp3) is 0.746. The summed E-state index contributed by atoms with van der Waals surface area (Å²) in [5, 5.41) is 11.8. The Balaban J connectivity index is 4.26. The number of likely N-dealkylation sites (N-methyl/N-ethyl adjacent to an activating group) is 1. The third-order valence-corrected chi connectivity index (χ3v) is 13.4. The summed E-state index contributed by atoms with van der Waals surface area (Å²) in [6.45, 7) is 4.62. The van der Waals surface area contributed by atoms with Crippen LogP contribution in [0.4, 0.5) is 0 Å². The van der Waals surface area contributed by atoms with Crippen molar-refractivity contribution >= 4 is 17.9 Å². The molecule has 0 saturated heterocycles. The molecule has 0 aliphatic heterocycles. The van der Waals surface area contributed by atoms with Crippen molar-refractivity contribution in [1.82, 2.24) is 0 Å². The number of allylic oxidation sites excluding steroid dienone is 14. The van der Waals surface area contributed by atoms with E-state index in [1.807, 2.05) is 21.1 Å². The van der Waals surface area contributed by atoms with Crippen molar-refractivity contribution in [3.05, 3.63) is 85.1 Å². The first kappa shape index (κ1) is 72.5. The van der Waals surface area contributed by atoms with Crippen molar-refractivity contribution in [2.75, 3.05) is 47.5 Å². The van der Waals surface area contributed by atoms with E-state index in [-0.39, 0.29) is 38.6 Å². The van der Waals surface area contributed by atoms with E-state index < -0.39 is 24.3 Å². The lowest BCUT2D eigenvalue weighted by Gasteiger charge is -2.26. The molecule has 0 rings (SSSR count). The predicted octanol–water partition coefficient (Wildman–Crippen LogP) is 17.4. The second kappa shape index (κ2) is 57.6. The molecular weight excluding hydrogens is 947 g/mol. The second-order valence-corrected chi connectivity index (χ2v) is 22.0. The Morgan fingerprint density at radius 2 is 0.750 bits per heavy atom. The number of nitrogens with zero attached hydrogens (tertiary/aromatic N) is 1. The fourth-order valence-corrected chi connectivity index (χ4v) is 8.64. The standard InChI is InChI=1S/C67H117NO8/c1-6-8-10-12-14-16-18-20-22-24-26-28-30-32-34-35-37-39-41-43-45-47-49-51-53-55-57-64(69)74-61-63(62-75-67(66(71)72)73-60-59-68(3,4)5)76-65(70)58-56-54-52-50-48-46-44-42-40-38-36-33-31-29-27-25-23-21-19-17-15-13-11-9-7-2/h9,11,15,17,21,23,27,29,33,36,40,42,46,48,63,67H,6-8,10,12-14,16,18-20,22,24-26,28,30-32,34-35,37-39,41,43-45,47,49-62H2,1-5H3/b11-9-,17-15-,23-21-,29-27-,36-33-,42-40-,48-46-. The van der Waals surface area contributed by atoms with Gasteiger partial charge in [-0.15, -0.1) is 0 Å². The topological polar surface area (TPSA) is 111 Å². The van der Waals surface area contributed by atoms with Crippen LogP contribution in [-0.4, -0.2) is 82.3 Å². The largest absolute Gasteiger partial charge is 0.545 e. The van der Waals surface area contributed by atoms with Crippen LogP contribution >= 0.6 is 0 Å². The van der Waals surface area contributed by atoms with E-state index in [4.69, 9.17) is 18.9 Å². The van der Waals surface area contributed by atoms with Gasteiger partial charge >= 0.3 is 11.9 Å². The monoisotopic (exact) mass is 1060 g/mol. The molecule has 0 bridgehead atoms. The number of hydrogen-bond acceptors (Lipinski definition) is 8. The zero-order valence-corrected chi connectivity index (χ0v) is 49.9. The van der Waals surface area contributed by atoms with Gasteiger partial charge in [-0.3, -0.25) is 9.59 Å². The Labute approximate surface area is 468 Å². The Kier molecular flexibility index (Phi) is 55.0. The molecular formula is C67H117NO8. The molecule has 0 amide bonds. The van der Waals surface area contributed by atoms with Crippen LogP contribution in [0.25, 0.3) is 0 Å². The Morgan fingerprint density at radius 1 is 0.408 bits per heavy atom. The van der Waals surface area contributed by atoms with Crippen LogP contribution in [-0.2, 0) is 33.3 Å². The van der Waals surface area contributed by atoms with Gasteiger partial charge in [0.25, 0.3) is 0 Å². The van der Waals surface area contributed by atoms with Gasteiger partial charge in [-0.2, -0.15) is 0 Å². The zero-order valence-electron chi connectivity index (χ0n) is 49.9. The molecule has 0 aliphatic carbocycles. The maximum absolute atomic E-state index is 12.9. The molecule has 0 saturated carbocycles. The van der Waals surface area contributed by atoms with E-state index in [9.17, 15) is 19.5 Å². The van der Waals surface area contributed by atoms with Crippen molar-refractivity contribution in [2.45, 2.75) is 277 Å². The number of carbonyl (C=O) groups is 3. The SMILES string of the molecule is CC/C=C\C/C=C\C/C=C\C/C=C\C/C=C\C/C=C\C/C=C\CCCCCC(=O)OC(COC(=O)CCCCCCCCCCCCCCCCCCCCCCCCCCCC)COC(OCC[N+](C)(C)C)C(=O)[O-]. The molecule has 2 unspecified atom stereocenters. The highest BCUT2D eigenvalue weighted by Crippen LogP contribution is 2.17. The minimum Gasteiger partial charge on any atom is -0.545 e. The number of aliphatic carboxylic acids is 1. The van der Waals surface area contributed by atoms with Crippen LogP contribution in [0.3, 0.4) is 0 Å². The third-order valence-electron chi connectivity index (χ3n) is 13.4. The number of quaternary nitrogens is 1. The van der Waals surface area contributed by atoms with E-state index in [0.717, 1.165) is 83.5 Å². The molecule has 0 aromatic rings. The van der Waals surface area contributed by atoms with Gasteiger partial charge < -0.3 is 33.3 Å². The number of carboxylic acids is 1. The molecule has 76 heavy (non-hydrogen) atoms. The molecule has 0 spiro atoms. The molecule has 0 fully saturated rings. The van der Waals surface area contributed by atoms with Crippen LogP contribution in [0.5, 0.6) is 0 Å². The fourth-order valence-electron chi connectivity index (χ4n) is 8.64. The zero-order chi connectivity index (χ0) is 55.5. The van der Waals surface area contributed by atoms with Gasteiger partial charge in [0.1, 0.15) is 13.2 Å². The van der Waals surface area contributed by atoms with E-state index >= 15 is 0 Å². The van der Waals surface area contributed by atoms with E-state index in [2.05, 4.69) is 98.9 Å². The molecule has 9 nitrogen and oxygen atoms in total. The Morgan fingerprint density at radius 3 is 1.12 bits per heavy atom. The summed E-state index contributed by atoms with van der Waals surface area (Å²) in [4.78, 5) is 37.4. The van der Waals surface area contributed by atoms with Gasteiger partial charge in [0.05, 0.1) is 40.3 Å². The molecule has 0 aromatic heterocycles. The number of carbonyl (C=O) groups excluding carboxylic acids is 3. The molecule has 0 heterocycles. The maximum Gasteiger partial charge on any atom is 0.306 e. The van der Waals surface area contributed by atoms with E-state index in [0.29, 0.717) is 17.4 Å². The van der Waals surface area contributed by atoms with Crippen LogP contribution in [0.2, 0.25) is 0 Å². The van der Waals surface area contributed by atoms with Crippen LogP contribution in [0.1, 0.15) is 264 Å². The first-order valence-corrected chi connectivity index (χ1v) is 31.2. The molecule has 0 aliphatic rings. The number of esters is 2. The number of carboxylic acid groups (broad SMARTS) is 1. The van der Waals surface area contributed by atoms with E-state index in [1.165, 1.54) is 148 Å². The van der Waals surface area contributed by atoms with Crippen molar-refractivity contribution in [3.8, 4) is 0 Å². The van der Waals surface area contributed by atoms with Gasteiger partial charge in [0.15, 0.2) is 12.4 Å². The highest BCUT2D eigenvalue weighted by Gasteiger charge is 2.22. The minimum atomic E-state index is -1.63. The highest BCUT2D eigenvalue weighted by molar-refractivity contribution is 5.70. The summed E-state index contributed by atoms with van der Waals surface area (Å²) in [5.41, 5.74) is 0. The van der Waals surface area contributed by atoms with Crippen LogP contribution < -0.4 is 5.11 Å². The van der Waals surface area contributed by atoms with Gasteiger partial charge in [-0.1, -0.05) is 266 Å². The molecule has 0 N–H and O–H groups in total. The summed E-state index contributed by atoms with van der Waals surface area (Å²) in [5.74, 6) is -2.32. The molecule has 438 valence electrons.